The Bertz CT molecular complexity index is 513. The highest BCUT2D eigenvalue weighted by atomic mass is 79.9. The van der Waals surface area contributed by atoms with Crippen molar-refractivity contribution in [2.24, 2.45) is 0 Å². The first-order valence-electron chi connectivity index (χ1n) is 5.31. The van der Waals surface area contributed by atoms with E-state index in [2.05, 4.69) is 33.2 Å². The molecule has 2 aromatic rings. The zero-order valence-corrected chi connectivity index (χ0v) is 12.5. The van der Waals surface area contributed by atoms with Gasteiger partial charge in [0.25, 0.3) is 0 Å². The predicted molar refractivity (Wildman–Crippen MR) is 78.0 cm³/mol. The van der Waals surface area contributed by atoms with Crippen LogP contribution in [-0.4, -0.2) is 4.98 Å². The van der Waals surface area contributed by atoms with Crippen LogP contribution >= 0.6 is 38.9 Å². The van der Waals surface area contributed by atoms with Gasteiger partial charge in [0.2, 0.25) is 0 Å². The summed E-state index contributed by atoms with van der Waals surface area (Å²) in [6.07, 6.45) is 2.93. The molecule has 0 aliphatic rings. The second-order valence-electron chi connectivity index (χ2n) is 3.55. The van der Waals surface area contributed by atoms with Gasteiger partial charge < -0.3 is 5.32 Å². The molecule has 0 aliphatic heterocycles. The van der Waals surface area contributed by atoms with E-state index < -0.39 is 0 Å². The number of anilines is 1. The lowest BCUT2D eigenvalue weighted by atomic mass is 10.3. The van der Waals surface area contributed by atoms with Gasteiger partial charge in [-0.05, 0) is 40.5 Å². The average molecular weight is 332 g/mol. The maximum absolute atomic E-state index is 5.89. The number of aromatic nitrogens is 1. The first kappa shape index (κ1) is 12.9. The van der Waals surface area contributed by atoms with E-state index in [1.165, 1.54) is 9.88 Å². The fourth-order valence-electron chi connectivity index (χ4n) is 1.41. The molecule has 0 saturated carbocycles. The molecule has 0 saturated heterocycles. The van der Waals surface area contributed by atoms with Crippen LogP contribution in [0.2, 0.25) is 5.02 Å². The SMILES string of the molecule is CCc1ncc(CNc2ccc(Cl)cc2Br)s1. The number of aryl methyl sites for hydroxylation is 1. The molecule has 2 rings (SSSR count). The molecular weight excluding hydrogens is 320 g/mol. The monoisotopic (exact) mass is 330 g/mol. The van der Waals surface area contributed by atoms with E-state index in [9.17, 15) is 0 Å². The largest absolute Gasteiger partial charge is 0.379 e. The van der Waals surface area contributed by atoms with E-state index in [-0.39, 0.29) is 0 Å². The summed E-state index contributed by atoms with van der Waals surface area (Å²) in [5.41, 5.74) is 1.04. The molecule has 90 valence electrons. The zero-order chi connectivity index (χ0) is 12.3. The summed E-state index contributed by atoms with van der Waals surface area (Å²) in [4.78, 5) is 5.57. The maximum Gasteiger partial charge on any atom is 0.0925 e. The number of hydrogen-bond donors (Lipinski definition) is 1. The third-order valence-electron chi connectivity index (χ3n) is 2.29. The van der Waals surface area contributed by atoms with Gasteiger partial charge in [-0.2, -0.15) is 0 Å². The third kappa shape index (κ3) is 3.44. The summed E-state index contributed by atoms with van der Waals surface area (Å²) in [5, 5.41) is 5.27. The van der Waals surface area contributed by atoms with Crippen molar-refractivity contribution >= 4 is 44.6 Å². The van der Waals surface area contributed by atoms with E-state index in [1.807, 2.05) is 24.4 Å². The minimum Gasteiger partial charge on any atom is -0.379 e. The summed E-state index contributed by atoms with van der Waals surface area (Å²) < 4.78 is 0.977. The molecular formula is C12H12BrClN2S. The minimum atomic E-state index is 0.730. The molecule has 1 N–H and O–H groups in total. The van der Waals surface area contributed by atoms with Crippen molar-refractivity contribution in [1.29, 1.82) is 0 Å². The molecule has 2 nitrogen and oxygen atoms in total. The summed E-state index contributed by atoms with van der Waals surface area (Å²) >= 11 is 11.1. The minimum absolute atomic E-state index is 0.730. The van der Waals surface area contributed by atoms with E-state index in [1.54, 1.807) is 11.3 Å². The van der Waals surface area contributed by atoms with Gasteiger partial charge in [-0.1, -0.05) is 18.5 Å². The fraction of sp³-hybridized carbons (Fsp3) is 0.250. The van der Waals surface area contributed by atoms with Gasteiger partial charge >= 0.3 is 0 Å². The average Bonchev–Trinajstić information content (AvgIpc) is 2.76. The second kappa shape index (κ2) is 5.85. The molecule has 0 amide bonds. The number of nitrogens with zero attached hydrogens (tertiary/aromatic N) is 1. The van der Waals surface area contributed by atoms with E-state index in [4.69, 9.17) is 11.6 Å². The van der Waals surface area contributed by atoms with Crippen molar-refractivity contribution < 1.29 is 0 Å². The van der Waals surface area contributed by atoms with Crippen molar-refractivity contribution in [3.05, 3.63) is 43.8 Å². The van der Waals surface area contributed by atoms with Crippen molar-refractivity contribution in [2.45, 2.75) is 19.9 Å². The van der Waals surface area contributed by atoms with Gasteiger partial charge in [0.15, 0.2) is 0 Å². The Morgan fingerprint density at radius 2 is 2.29 bits per heavy atom. The Balaban J connectivity index is 2.02. The van der Waals surface area contributed by atoms with Crippen molar-refractivity contribution in [3.63, 3.8) is 0 Å². The predicted octanol–water partition coefficient (Wildman–Crippen LogP) is 4.73. The Labute approximate surface area is 118 Å². The summed E-state index contributed by atoms with van der Waals surface area (Å²) in [6, 6.07) is 5.72. The van der Waals surface area contributed by atoms with Gasteiger partial charge in [-0.15, -0.1) is 11.3 Å². The molecule has 0 radical (unpaired) electrons. The first-order chi connectivity index (χ1) is 8.19. The lowest BCUT2D eigenvalue weighted by molar-refractivity contribution is 1.09. The molecule has 0 spiro atoms. The number of benzene rings is 1. The Hall–Kier alpha value is -0.580. The second-order valence-corrected chi connectivity index (χ2v) is 6.04. The van der Waals surface area contributed by atoms with Crippen LogP contribution in [0.1, 0.15) is 16.8 Å². The van der Waals surface area contributed by atoms with Gasteiger partial charge in [0.05, 0.1) is 11.6 Å². The van der Waals surface area contributed by atoms with Gasteiger partial charge in [0, 0.05) is 26.3 Å². The number of halogens is 2. The molecule has 1 aromatic carbocycles. The van der Waals surface area contributed by atoms with Crippen LogP contribution < -0.4 is 5.32 Å². The number of hydrogen-bond acceptors (Lipinski definition) is 3. The van der Waals surface area contributed by atoms with E-state index in [0.717, 1.165) is 28.1 Å². The zero-order valence-electron chi connectivity index (χ0n) is 9.34. The smallest absolute Gasteiger partial charge is 0.0925 e. The van der Waals surface area contributed by atoms with Crippen molar-refractivity contribution in [3.8, 4) is 0 Å². The highest BCUT2D eigenvalue weighted by Gasteiger charge is 2.03. The lowest BCUT2D eigenvalue weighted by Crippen LogP contribution is -1.97. The Kier molecular flexibility index (Phi) is 4.42. The third-order valence-corrected chi connectivity index (χ3v) is 4.32. The summed E-state index contributed by atoms with van der Waals surface area (Å²) in [6.45, 7) is 2.91. The van der Waals surface area contributed by atoms with Crippen LogP contribution in [0, 0.1) is 0 Å². The molecule has 17 heavy (non-hydrogen) atoms. The van der Waals surface area contributed by atoms with E-state index in [0.29, 0.717) is 0 Å². The maximum atomic E-state index is 5.89. The lowest BCUT2D eigenvalue weighted by Gasteiger charge is -2.07. The number of thiazole rings is 1. The van der Waals surface area contributed by atoms with Crippen LogP contribution in [0.25, 0.3) is 0 Å². The quantitative estimate of drug-likeness (QED) is 0.875. The van der Waals surface area contributed by atoms with Crippen LogP contribution in [0.3, 0.4) is 0 Å². The first-order valence-corrected chi connectivity index (χ1v) is 7.30. The van der Waals surface area contributed by atoms with Gasteiger partial charge in [-0.3, -0.25) is 0 Å². The molecule has 0 unspecified atom stereocenters. The normalized spacial score (nSPS) is 10.5. The van der Waals surface area contributed by atoms with Crippen LogP contribution in [0.15, 0.2) is 28.9 Å². The molecule has 0 fully saturated rings. The van der Waals surface area contributed by atoms with E-state index >= 15 is 0 Å². The molecule has 0 bridgehead atoms. The molecule has 5 heteroatoms. The topological polar surface area (TPSA) is 24.9 Å². The molecule has 1 heterocycles. The number of rotatable bonds is 4. The fourth-order valence-corrected chi connectivity index (χ4v) is 3.03. The molecule has 1 aromatic heterocycles. The Morgan fingerprint density at radius 3 is 2.94 bits per heavy atom. The molecule has 0 atom stereocenters. The summed E-state index contributed by atoms with van der Waals surface area (Å²) in [7, 11) is 0. The number of nitrogens with one attached hydrogen (secondary N) is 1. The van der Waals surface area contributed by atoms with Crippen molar-refractivity contribution in [1.82, 2.24) is 4.98 Å². The van der Waals surface area contributed by atoms with Crippen molar-refractivity contribution in [2.75, 3.05) is 5.32 Å². The van der Waals surface area contributed by atoms with Crippen LogP contribution in [0.4, 0.5) is 5.69 Å². The van der Waals surface area contributed by atoms with Gasteiger partial charge in [0.1, 0.15) is 0 Å². The van der Waals surface area contributed by atoms with Crippen LogP contribution in [0.5, 0.6) is 0 Å². The summed E-state index contributed by atoms with van der Waals surface area (Å²) in [5.74, 6) is 0. The highest BCUT2D eigenvalue weighted by molar-refractivity contribution is 9.10. The highest BCUT2D eigenvalue weighted by Crippen LogP contribution is 2.26. The standard InChI is InChI=1S/C12H12BrClN2S/c1-2-12-16-7-9(17-12)6-15-11-4-3-8(14)5-10(11)13/h3-5,7,15H,2,6H2,1H3. The van der Waals surface area contributed by atoms with Crippen LogP contribution in [-0.2, 0) is 13.0 Å². The molecule has 0 aliphatic carbocycles. The Morgan fingerprint density at radius 1 is 1.47 bits per heavy atom. The van der Waals surface area contributed by atoms with Gasteiger partial charge in [-0.25, -0.2) is 4.98 Å².